The summed E-state index contributed by atoms with van der Waals surface area (Å²) in [6, 6.07) is 14.7. The Hall–Kier alpha value is -2.55. The Bertz CT molecular complexity index is 1240. The van der Waals surface area contributed by atoms with Gasteiger partial charge in [-0.05, 0) is 50.1 Å². The van der Waals surface area contributed by atoms with E-state index in [2.05, 4.69) is 15.3 Å². The van der Waals surface area contributed by atoms with Crippen molar-refractivity contribution in [2.24, 2.45) is 4.99 Å². The highest BCUT2D eigenvalue weighted by Crippen LogP contribution is 2.51. The van der Waals surface area contributed by atoms with Crippen LogP contribution in [0.25, 0.3) is 11.3 Å². The lowest BCUT2D eigenvalue weighted by atomic mass is 10.1. The standard InChI is InChI=1S/C26H32ClN4O4PS/c1-5-34-36(33,35-6-2)17-19-7-13-22(14-8-19)29-24(32)16-15-23-25(20-9-11-21(27)12-10-20)30-26(37-23)28-18-31(3)4/h7-14,18H,5-6,15-17H2,1-4H3,(H,29,32)/b28-18+. The number of hydrogen-bond acceptors (Lipinski definition) is 7. The van der Waals surface area contributed by atoms with Crippen LogP contribution in [-0.4, -0.2) is 49.4 Å². The first-order valence-corrected chi connectivity index (χ1v) is 14.9. The summed E-state index contributed by atoms with van der Waals surface area (Å²) < 4.78 is 23.5. The Kier molecular flexibility index (Phi) is 10.9. The number of rotatable bonds is 13. The summed E-state index contributed by atoms with van der Waals surface area (Å²) in [6.07, 6.45) is 2.68. The van der Waals surface area contributed by atoms with Crippen molar-refractivity contribution in [2.45, 2.75) is 32.9 Å². The topological polar surface area (TPSA) is 93.1 Å². The Morgan fingerprint density at radius 2 is 1.76 bits per heavy atom. The summed E-state index contributed by atoms with van der Waals surface area (Å²) >= 11 is 7.52. The predicted octanol–water partition coefficient (Wildman–Crippen LogP) is 7.02. The number of anilines is 1. The first kappa shape index (κ1) is 29.0. The van der Waals surface area contributed by atoms with Gasteiger partial charge in [0.1, 0.15) is 0 Å². The van der Waals surface area contributed by atoms with Crippen LogP contribution < -0.4 is 5.32 Å². The van der Waals surface area contributed by atoms with Gasteiger partial charge in [0.15, 0.2) is 0 Å². The minimum Gasteiger partial charge on any atom is -0.369 e. The number of aryl methyl sites for hydroxylation is 1. The number of thiazole rings is 1. The molecule has 11 heteroatoms. The van der Waals surface area contributed by atoms with Crippen LogP contribution in [0.1, 0.15) is 30.7 Å². The quantitative estimate of drug-likeness (QED) is 0.137. The maximum atomic E-state index is 12.8. The fourth-order valence-corrected chi connectivity index (χ4v) is 6.20. The molecule has 3 rings (SSSR count). The van der Waals surface area contributed by atoms with Crippen LogP contribution in [0, 0.1) is 0 Å². The Balaban J connectivity index is 1.66. The summed E-state index contributed by atoms with van der Waals surface area (Å²) in [5.74, 6) is -0.115. The normalized spacial score (nSPS) is 11.7. The van der Waals surface area contributed by atoms with Gasteiger partial charge in [-0.25, -0.2) is 9.98 Å². The van der Waals surface area contributed by atoms with E-state index in [9.17, 15) is 9.36 Å². The monoisotopic (exact) mass is 562 g/mol. The van der Waals surface area contributed by atoms with Gasteiger partial charge in [-0.15, -0.1) is 0 Å². The number of benzene rings is 2. The van der Waals surface area contributed by atoms with Crippen LogP contribution in [-0.2, 0) is 31.0 Å². The molecule has 8 nitrogen and oxygen atoms in total. The summed E-state index contributed by atoms with van der Waals surface area (Å²) in [5.41, 5.74) is 3.20. The van der Waals surface area contributed by atoms with Crippen molar-refractivity contribution in [3.63, 3.8) is 0 Å². The van der Waals surface area contributed by atoms with Gasteiger partial charge in [-0.2, -0.15) is 0 Å². The summed E-state index contributed by atoms with van der Waals surface area (Å²) in [7, 11) is 0.606. The molecule has 0 radical (unpaired) electrons. The lowest BCUT2D eigenvalue weighted by Gasteiger charge is -2.17. The van der Waals surface area contributed by atoms with Crippen LogP contribution in [0.3, 0.4) is 0 Å². The number of nitrogens with zero attached hydrogens (tertiary/aromatic N) is 3. The average Bonchev–Trinajstić information content (AvgIpc) is 3.26. The number of halogens is 1. The van der Waals surface area contributed by atoms with Crippen molar-refractivity contribution in [1.29, 1.82) is 0 Å². The van der Waals surface area contributed by atoms with E-state index >= 15 is 0 Å². The molecule has 0 aliphatic heterocycles. The van der Waals surface area contributed by atoms with Crippen molar-refractivity contribution in [3.8, 4) is 11.3 Å². The van der Waals surface area contributed by atoms with Gasteiger partial charge in [-0.3, -0.25) is 9.36 Å². The molecule has 37 heavy (non-hydrogen) atoms. The fraction of sp³-hybridized carbons (Fsp3) is 0.346. The highest BCUT2D eigenvalue weighted by atomic mass is 35.5. The summed E-state index contributed by atoms with van der Waals surface area (Å²) in [4.78, 5) is 24.6. The second-order valence-electron chi connectivity index (χ2n) is 8.33. The maximum absolute atomic E-state index is 12.8. The molecule has 1 heterocycles. The third kappa shape index (κ3) is 9.05. The molecule has 1 N–H and O–H groups in total. The van der Waals surface area contributed by atoms with E-state index in [1.807, 2.05) is 55.4 Å². The van der Waals surface area contributed by atoms with Crippen LogP contribution in [0.4, 0.5) is 10.8 Å². The number of aromatic nitrogens is 1. The molecule has 3 aromatic rings. The van der Waals surface area contributed by atoms with Gasteiger partial charge < -0.3 is 19.3 Å². The molecule has 2 aromatic carbocycles. The lowest BCUT2D eigenvalue weighted by molar-refractivity contribution is -0.116. The van der Waals surface area contributed by atoms with Gasteiger partial charge in [0, 0.05) is 41.7 Å². The van der Waals surface area contributed by atoms with E-state index < -0.39 is 7.60 Å². The van der Waals surface area contributed by atoms with Crippen molar-refractivity contribution in [1.82, 2.24) is 9.88 Å². The average molecular weight is 563 g/mol. The van der Waals surface area contributed by atoms with Gasteiger partial charge in [0.05, 0.1) is 31.4 Å². The Labute approximate surface area is 227 Å². The van der Waals surface area contributed by atoms with E-state index in [0.717, 1.165) is 21.7 Å². The second kappa shape index (κ2) is 13.8. The zero-order valence-corrected chi connectivity index (χ0v) is 23.9. The van der Waals surface area contributed by atoms with Crippen molar-refractivity contribution in [2.75, 3.05) is 32.6 Å². The third-order valence-corrected chi connectivity index (χ3v) is 8.38. The van der Waals surface area contributed by atoms with E-state index in [0.29, 0.717) is 35.5 Å². The second-order valence-corrected chi connectivity index (χ2v) is 11.9. The van der Waals surface area contributed by atoms with Crippen LogP contribution in [0.2, 0.25) is 5.02 Å². The largest absolute Gasteiger partial charge is 0.369 e. The molecule has 0 saturated heterocycles. The van der Waals surface area contributed by atoms with Crippen LogP contribution in [0.5, 0.6) is 0 Å². The first-order chi connectivity index (χ1) is 17.7. The number of nitrogens with one attached hydrogen (secondary N) is 1. The number of aliphatic imine (C=N–C) groups is 1. The lowest BCUT2D eigenvalue weighted by Crippen LogP contribution is -2.12. The molecular formula is C26H32ClN4O4PS. The molecule has 198 valence electrons. The first-order valence-electron chi connectivity index (χ1n) is 11.9. The molecule has 0 unspecified atom stereocenters. The zero-order chi connectivity index (χ0) is 26.8. The van der Waals surface area contributed by atoms with Gasteiger partial charge in [-0.1, -0.05) is 47.2 Å². The molecule has 0 spiro atoms. The number of amides is 1. The van der Waals surface area contributed by atoms with Crippen molar-refractivity contribution in [3.05, 3.63) is 64.0 Å². The third-order valence-electron chi connectivity index (χ3n) is 5.05. The molecule has 1 amide bonds. The van der Waals surface area contributed by atoms with Gasteiger partial charge in [0.25, 0.3) is 0 Å². The summed E-state index contributed by atoms with van der Waals surface area (Å²) in [6.45, 7) is 4.20. The SMILES string of the molecule is CCOP(=O)(Cc1ccc(NC(=O)CCc2sc(/N=C/N(C)C)nc2-c2ccc(Cl)cc2)cc1)OCC. The highest BCUT2D eigenvalue weighted by molar-refractivity contribution is 7.53. The van der Waals surface area contributed by atoms with Gasteiger partial charge in [0.2, 0.25) is 11.0 Å². The van der Waals surface area contributed by atoms with E-state index in [1.165, 1.54) is 11.3 Å². The predicted molar refractivity (Wildman–Crippen MR) is 152 cm³/mol. The van der Waals surface area contributed by atoms with Crippen LogP contribution in [0.15, 0.2) is 53.5 Å². The smallest absolute Gasteiger partial charge is 0.335 e. The van der Waals surface area contributed by atoms with Gasteiger partial charge >= 0.3 is 7.60 Å². The highest BCUT2D eigenvalue weighted by Gasteiger charge is 2.24. The number of hydrogen-bond donors (Lipinski definition) is 1. The molecule has 0 atom stereocenters. The maximum Gasteiger partial charge on any atom is 0.335 e. The molecular weight excluding hydrogens is 531 g/mol. The zero-order valence-electron chi connectivity index (χ0n) is 21.4. The minimum atomic E-state index is -3.18. The van der Waals surface area contributed by atoms with Crippen LogP contribution >= 0.6 is 30.5 Å². The van der Waals surface area contributed by atoms with Crippen molar-refractivity contribution >= 4 is 53.6 Å². The van der Waals surface area contributed by atoms with E-state index in [1.54, 1.807) is 32.3 Å². The molecule has 1 aromatic heterocycles. The number of carbonyl (C=O) groups is 1. The summed E-state index contributed by atoms with van der Waals surface area (Å²) in [5, 5.41) is 4.20. The fourth-order valence-electron chi connectivity index (χ4n) is 3.45. The number of carbonyl (C=O) groups excluding carboxylic acids is 1. The van der Waals surface area contributed by atoms with E-state index in [-0.39, 0.29) is 18.5 Å². The van der Waals surface area contributed by atoms with E-state index in [4.69, 9.17) is 20.6 Å². The molecule has 0 aliphatic rings. The molecule has 0 bridgehead atoms. The minimum absolute atomic E-state index is 0.115. The molecule has 0 aliphatic carbocycles. The van der Waals surface area contributed by atoms with Crippen molar-refractivity contribution < 1.29 is 18.4 Å². The molecule has 0 saturated carbocycles. The Morgan fingerprint density at radius 1 is 1.11 bits per heavy atom. The molecule has 0 fully saturated rings. The Morgan fingerprint density at radius 3 is 2.35 bits per heavy atom.